The smallest absolute Gasteiger partial charge is 0.330 e. The van der Waals surface area contributed by atoms with Gasteiger partial charge < -0.3 is 14.9 Å². The molecule has 0 amide bonds. The Morgan fingerprint density at radius 3 is 3.05 bits per heavy atom. The van der Waals surface area contributed by atoms with E-state index in [0.717, 1.165) is 31.3 Å². The first-order valence-electron chi connectivity index (χ1n) is 7.01. The van der Waals surface area contributed by atoms with Crippen LogP contribution in [0.1, 0.15) is 39.0 Å². The van der Waals surface area contributed by atoms with Gasteiger partial charge in [0.05, 0.1) is 18.8 Å². The molecule has 0 aliphatic heterocycles. The summed E-state index contributed by atoms with van der Waals surface area (Å²) in [6.07, 6.45) is 8.06. The average Bonchev–Trinajstić information content (AvgIpc) is 2.38. The third kappa shape index (κ3) is 3.07. The molecule has 1 saturated carbocycles. The number of hydrogen-bond acceptors (Lipinski definition) is 4. The summed E-state index contributed by atoms with van der Waals surface area (Å²) in [5.41, 5.74) is 0.876. The highest BCUT2D eigenvalue weighted by Crippen LogP contribution is 2.48. The van der Waals surface area contributed by atoms with Crippen molar-refractivity contribution in [3.05, 3.63) is 23.8 Å². The fourth-order valence-corrected chi connectivity index (χ4v) is 3.14. The second-order valence-corrected chi connectivity index (χ2v) is 5.40. The van der Waals surface area contributed by atoms with Gasteiger partial charge in [-0.05, 0) is 32.6 Å². The van der Waals surface area contributed by atoms with Crippen LogP contribution in [0.15, 0.2) is 23.8 Å². The molecule has 2 N–H and O–H groups in total. The highest BCUT2D eigenvalue weighted by atomic mass is 16.5. The van der Waals surface area contributed by atoms with E-state index in [9.17, 15) is 15.0 Å². The van der Waals surface area contributed by atoms with Crippen molar-refractivity contribution in [1.82, 2.24) is 0 Å². The quantitative estimate of drug-likeness (QED) is 0.464. The lowest BCUT2D eigenvalue weighted by molar-refractivity contribution is -0.137. The monoisotopic (exact) mass is 266 g/mol. The Hall–Kier alpha value is -1.13. The Bertz CT molecular complexity index is 399. The minimum absolute atomic E-state index is 0.274. The number of fused-ring (bicyclic) bond motifs is 1. The van der Waals surface area contributed by atoms with Gasteiger partial charge in [-0.3, -0.25) is 0 Å². The second-order valence-electron chi connectivity index (χ2n) is 5.40. The lowest BCUT2D eigenvalue weighted by Gasteiger charge is -2.43. The summed E-state index contributed by atoms with van der Waals surface area (Å²) >= 11 is 0. The Labute approximate surface area is 113 Å². The molecule has 19 heavy (non-hydrogen) atoms. The summed E-state index contributed by atoms with van der Waals surface area (Å²) in [5, 5.41) is 19.7. The largest absolute Gasteiger partial charge is 0.463 e. The fourth-order valence-electron chi connectivity index (χ4n) is 3.14. The van der Waals surface area contributed by atoms with Gasteiger partial charge >= 0.3 is 5.97 Å². The van der Waals surface area contributed by atoms with E-state index in [1.54, 1.807) is 13.0 Å². The maximum Gasteiger partial charge on any atom is 0.330 e. The molecule has 0 saturated heterocycles. The molecule has 0 aromatic rings. The second kappa shape index (κ2) is 5.88. The van der Waals surface area contributed by atoms with E-state index in [0.29, 0.717) is 13.0 Å². The van der Waals surface area contributed by atoms with E-state index in [-0.39, 0.29) is 11.4 Å². The van der Waals surface area contributed by atoms with Crippen LogP contribution in [0, 0.1) is 5.41 Å². The summed E-state index contributed by atoms with van der Waals surface area (Å²) in [7, 11) is 0. The van der Waals surface area contributed by atoms with Gasteiger partial charge in [0.1, 0.15) is 0 Å². The van der Waals surface area contributed by atoms with Gasteiger partial charge in [-0.15, -0.1) is 0 Å². The normalized spacial score (nSPS) is 34.8. The first-order chi connectivity index (χ1) is 9.07. The predicted octanol–water partition coefficient (Wildman–Crippen LogP) is 1.72. The van der Waals surface area contributed by atoms with Crippen molar-refractivity contribution in [3.8, 4) is 0 Å². The molecule has 0 spiro atoms. The van der Waals surface area contributed by atoms with E-state index >= 15 is 0 Å². The van der Waals surface area contributed by atoms with Crippen molar-refractivity contribution in [3.63, 3.8) is 0 Å². The Kier molecular flexibility index (Phi) is 4.42. The van der Waals surface area contributed by atoms with Crippen LogP contribution in [0.4, 0.5) is 0 Å². The van der Waals surface area contributed by atoms with E-state index in [1.165, 1.54) is 6.08 Å². The van der Waals surface area contributed by atoms with Crippen LogP contribution < -0.4 is 0 Å². The first kappa shape index (κ1) is 14.3. The highest BCUT2D eigenvalue weighted by molar-refractivity contribution is 5.82. The van der Waals surface area contributed by atoms with Crippen molar-refractivity contribution in [2.45, 2.75) is 51.2 Å². The molecule has 2 aliphatic carbocycles. The molecule has 2 rings (SSSR count). The third-order valence-corrected chi connectivity index (χ3v) is 4.12. The molecule has 4 nitrogen and oxygen atoms in total. The fraction of sp³-hybridized carbons (Fsp3) is 0.667. The van der Waals surface area contributed by atoms with Gasteiger partial charge in [-0.25, -0.2) is 4.79 Å². The minimum atomic E-state index is -0.780. The maximum atomic E-state index is 11.5. The van der Waals surface area contributed by atoms with Crippen LogP contribution in [0.2, 0.25) is 0 Å². The van der Waals surface area contributed by atoms with Gasteiger partial charge in [0.2, 0.25) is 0 Å². The zero-order valence-electron chi connectivity index (χ0n) is 11.3. The van der Waals surface area contributed by atoms with Crippen molar-refractivity contribution in [2.75, 3.05) is 6.61 Å². The van der Waals surface area contributed by atoms with Crippen molar-refractivity contribution in [2.24, 2.45) is 5.41 Å². The van der Waals surface area contributed by atoms with Crippen LogP contribution >= 0.6 is 0 Å². The number of aliphatic hydroxyl groups excluding tert-OH is 2. The Morgan fingerprint density at radius 2 is 2.32 bits per heavy atom. The number of aliphatic hydroxyl groups is 2. The highest BCUT2D eigenvalue weighted by Gasteiger charge is 2.41. The number of carbonyl (C=O) groups excluding carboxylic acids is 1. The summed E-state index contributed by atoms with van der Waals surface area (Å²) in [5.74, 6) is -0.345. The van der Waals surface area contributed by atoms with Crippen LogP contribution in [-0.2, 0) is 9.53 Å². The standard InChI is InChI=1S/C15H22O4/c1-2-19-14(18)6-8-15-7-4-3-5-11(15)9-12(16)13(17)10-15/h6,8-9,12-13,16-17H,2-5,7,10H2,1H3/b8-6+/t12?,13?,15-/m1/s1. The van der Waals surface area contributed by atoms with E-state index in [2.05, 4.69) is 0 Å². The number of hydrogen-bond donors (Lipinski definition) is 2. The lowest BCUT2D eigenvalue weighted by Crippen LogP contribution is -2.40. The molecule has 106 valence electrons. The topological polar surface area (TPSA) is 66.8 Å². The minimum Gasteiger partial charge on any atom is -0.463 e. The molecule has 0 radical (unpaired) electrons. The van der Waals surface area contributed by atoms with Gasteiger partial charge in [0.25, 0.3) is 0 Å². The van der Waals surface area contributed by atoms with Crippen LogP contribution in [0.3, 0.4) is 0 Å². The molecule has 0 bridgehead atoms. The van der Waals surface area contributed by atoms with Crippen LogP contribution in [0.25, 0.3) is 0 Å². The predicted molar refractivity (Wildman–Crippen MR) is 71.4 cm³/mol. The zero-order chi connectivity index (χ0) is 13.9. The molecule has 2 unspecified atom stereocenters. The maximum absolute atomic E-state index is 11.5. The first-order valence-corrected chi connectivity index (χ1v) is 7.01. The summed E-state index contributed by atoms with van der Waals surface area (Å²) < 4.78 is 4.90. The van der Waals surface area contributed by atoms with Crippen LogP contribution in [0.5, 0.6) is 0 Å². The Morgan fingerprint density at radius 1 is 1.53 bits per heavy atom. The molecule has 2 aliphatic rings. The number of esters is 1. The molecule has 4 heteroatoms. The van der Waals surface area contributed by atoms with Gasteiger partial charge in [-0.1, -0.05) is 24.1 Å². The Balaban J connectivity index is 2.22. The molecule has 0 heterocycles. The molecule has 0 aromatic heterocycles. The molecular formula is C15H22O4. The SMILES string of the molecule is CCOC(=O)/C=C/[C@@]12CCCCC1=CC(O)C(O)C2. The van der Waals surface area contributed by atoms with Crippen molar-refractivity contribution >= 4 is 5.97 Å². The number of rotatable bonds is 3. The number of allylic oxidation sites excluding steroid dienone is 2. The number of carbonyl (C=O) groups is 1. The van der Waals surface area contributed by atoms with E-state index in [4.69, 9.17) is 4.74 Å². The van der Waals surface area contributed by atoms with Gasteiger partial charge in [0.15, 0.2) is 0 Å². The summed E-state index contributed by atoms with van der Waals surface area (Å²) in [4.78, 5) is 11.5. The summed E-state index contributed by atoms with van der Waals surface area (Å²) in [6, 6.07) is 0. The number of ether oxygens (including phenoxy) is 1. The summed E-state index contributed by atoms with van der Waals surface area (Å²) in [6.45, 7) is 2.14. The van der Waals surface area contributed by atoms with Crippen molar-refractivity contribution in [1.29, 1.82) is 0 Å². The lowest BCUT2D eigenvalue weighted by atomic mass is 9.63. The molecule has 3 atom stereocenters. The third-order valence-electron chi connectivity index (χ3n) is 4.12. The van der Waals surface area contributed by atoms with E-state index < -0.39 is 12.2 Å². The molecule has 0 aromatic carbocycles. The van der Waals surface area contributed by atoms with Crippen LogP contribution in [-0.4, -0.2) is 35.0 Å². The van der Waals surface area contributed by atoms with Gasteiger partial charge in [-0.2, -0.15) is 0 Å². The van der Waals surface area contributed by atoms with Gasteiger partial charge in [0, 0.05) is 11.5 Å². The van der Waals surface area contributed by atoms with E-state index in [1.807, 2.05) is 6.08 Å². The molecule has 1 fully saturated rings. The average molecular weight is 266 g/mol. The molecular weight excluding hydrogens is 244 g/mol. The van der Waals surface area contributed by atoms with Crippen molar-refractivity contribution < 1.29 is 19.7 Å². The zero-order valence-corrected chi connectivity index (χ0v) is 11.3.